The number of morpholine rings is 1. The van der Waals surface area contributed by atoms with Gasteiger partial charge in [0.05, 0.1) is 12.7 Å². The van der Waals surface area contributed by atoms with Gasteiger partial charge in [0.25, 0.3) is 0 Å². The van der Waals surface area contributed by atoms with E-state index in [0.717, 1.165) is 38.8 Å². The summed E-state index contributed by atoms with van der Waals surface area (Å²) in [4.78, 5) is 6.94. The molecular weight excluding hydrogens is 270 g/mol. The quantitative estimate of drug-likeness (QED) is 0.918. The van der Waals surface area contributed by atoms with Gasteiger partial charge in [0, 0.05) is 25.0 Å². The molecule has 1 saturated heterocycles. The highest BCUT2D eigenvalue weighted by Crippen LogP contribution is 2.32. The number of aliphatic hydroxyl groups is 1. The normalized spacial score (nSPS) is 31.7. The maximum atomic E-state index is 9.57. The predicted octanol–water partition coefficient (Wildman–Crippen LogP) is 1.87. The Hall–Kier alpha value is -0.980. The van der Waals surface area contributed by atoms with E-state index in [-0.39, 0.29) is 12.2 Å². The molecule has 1 aromatic rings. The van der Waals surface area contributed by atoms with Crippen LogP contribution in [0.5, 0.6) is 0 Å². The van der Waals surface area contributed by atoms with Crippen LogP contribution in [0.15, 0.2) is 4.52 Å². The number of aliphatic hydroxyl groups excluding tert-OH is 1. The van der Waals surface area contributed by atoms with Gasteiger partial charge >= 0.3 is 0 Å². The highest BCUT2D eigenvalue weighted by Gasteiger charge is 2.30. The van der Waals surface area contributed by atoms with Gasteiger partial charge < -0.3 is 14.4 Å². The van der Waals surface area contributed by atoms with E-state index in [0.29, 0.717) is 30.3 Å². The summed E-state index contributed by atoms with van der Waals surface area (Å²) in [6.45, 7) is 6.87. The zero-order valence-electron chi connectivity index (χ0n) is 12.9. The highest BCUT2D eigenvalue weighted by molar-refractivity contribution is 5.00. The fourth-order valence-corrected chi connectivity index (χ4v) is 3.16. The Morgan fingerprint density at radius 1 is 1.24 bits per heavy atom. The van der Waals surface area contributed by atoms with E-state index in [1.54, 1.807) is 0 Å². The van der Waals surface area contributed by atoms with Crippen molar-refractivity contribution in [1.29, 1.82) is 0 Å². The Morgan fingerprint density at radius 3 is 2.71 bits per heavy atom. The molecule has 0 aromatic carbocycles. The van der Waals surface area contributed by atoms with Crippen molar-refractivity contribution < 1.29 is 14.4 Å². The minimum atomic E-state index is -0.162. The Balaban J connectivity index is 1.64. The fraction of sp³-hybridized carbons (Fsp3) is 0.867. The monoisotopic (exact) mass is 295 g/mol. The SMILES string of the molecule is CC(C)N1CCOC(c2noc(C3CCC(O)CC3)n2)C1. The first-order valence-corrected chi connectivity index (χ1v) is 8.00. The van der Waals surface area contributed by atoms with Crippen molar-refractivity contribution in [3.8, 4) is 0 Å². The van der Waals surface area contributed by atoms with Crippen LogP contribution in [-0.4, -0.2) is 52.0 Å². The minimum absolute atomic E-state index is 0.0900. The van der Waals surface area contributed by atoms with Gasteiger partial charge in [-0.1, -0.05) is 5.16 Å². The van der Waals surface area contributed by atoms with Crippen molar-refractivity contribution in [3.05, 3.63) is 11.7 Å². The van der Waals surface area contributed by atoms with Crippen LogP contribution >= 0.6 is 0 Å². The molecule has 2 aliphatic rings. The first kappa shape index (κ1) is 14.9. The molecule has 0 radical (unpaired) electrons. The minimum Gasteiger partial charge on any atom is -0.393 e. The van der Waals surface area contributed by atoms with E-state index >= 15 is 0 Å². The molecule has 3 rings (SSSR count). The summed E-state index contributed by atoms with van der Waals surface area (Å²) in [5, 5.41) is 13.7. The molecule has 1 unspecified atom stereocenters. The van der Waals surface area contributed by atoms with E-state index in [2.05, 4.69) is 28.9 Å². The third-order valence-corrected chi connectivity index (χ3v) is 4.62. The molecule has 1 aromatic heterocycles. The molecule has 0 spiro atoms. The van der Waals surface area contributed by atoms with Crippen molar-refractivity contribution in [1.82, 2.24) is 15.0 Å². The van der Waals surface area contributed by atoms with Gasteiger partial charge in [-0.15, -0.1) is 0 Å². The second-order valence-electron chi connectivity index (χ2n) is 6.44. The molecule has 6 nitrogen and oxygen atoms in total. The lowest BCUT2D eigenvalue weighted by molar-refractivity contribution is -0.0450. The number of hydrogen-bond donors (Lipinski definition) is 1. The van der Waals surface area contributed by atoms with Crippen LogP contribution in [0, 0.1) is 0 Å². The molecule has 21 heavy (non-hydrogen) atoms. The first-order valence-electron chi connectivity index (χ1n) is 8.00. The van der Waals surface area contributed by atoms with E-state index in [1.807, 2.05) is 0 Å². The lowest BCUT2D eigenvalue weighted by atomic mass is 9.87. The van der Waals surface area contributed by atoms with Gasteiger partial charge in [-0.05, 0) is 39.5 Å². The largest absolute Gasteiger partial charge is 0.393 e. The summed E-state index contributed by atoms with van der Waals surface area (Å²) >= 11 is 0. The molecule has 1 N–H and O–H groups in total. The van der Waals surface area contributed by atoms with Crippen molar-refractivity contribution in [3.63, 3.8) is 0 Å². The summed E-state index contributed by atoms with van der Waals surface area (Å²) in [6.07, 6.45) is 3.24. The Labute approximate surface area is 125 Å². The summed E-state index contributed by atoms with van der Waals surface area (Å²) < 4.78 is 11.2. The molecule has 1 aliphatic carbocycles. The Kier molecular flexibility index (Phi) is 4.57. The van der Waals surface area contributed by atoms with Crippen molar-refractivity contribution in [2.75, 3.05) is 19.7 Å². The fourth-order valence-electron chi connectivity index (χ4n) is 3.16. The third kappa shape index (κ3) is 3.44. The van der Waals surface area contributed by atoms with Crippen LogP contribution in [0.4, 0.5) is 0 Å². The van der Waals surface area contributed by atoms with Gasteiger partial charge in [0.15, 0.2) is 0 Å². The lowest BCUT2D eigenvalue weighted by Crippen LogP contribution is -2.42. The Bertz CT molecular complexity index is 455. The number of aromatic nitrogens is 2. The van der Waals surface area contributed by atoms with Crippen LogP contribution in [0.2, 0.25) is 0 Å². The molecule has 2 heterocycles. The maximum Gasteiger partial charge on any atom is 0.229 e. The summed E-state index contributed by atoms with van der Waals surface area (Å²) in [5.41, 5.74) is 0. The van der Waals surface area contributed by atoms with Crippen LogP contribution in [0.1, 0.15) is 63.3 Å². The summed E-state index contributed by atoms with van der Waals surface area (Å²) in [5.74, 6) is 1.67. The maximum absolute atomic E-state index is 9.57. The zero-order chi connectivity index (χ0) is 14.8. The molecule has 2 fully saturated rings. The number of nitrogens with zero attached hydrogens (tertiary/aromatic N) is 3. The smallest absolute Gasteiger partial charge is 0.229 e. The van der Waals surface area contributed by atoms with Crippen LogP contribution in [0.25, 0.3) is 0 Å². The average molecular weight is 295 g/mol. The molecule has 118 valence electrons. The highest BCUT2D eigenvalue weighted by atomic mass is 16.5. The van der Waals surface area contributed by atoms with Crippen LogP contribution < -0.4 is 0 Å². The Morgan fingerprint density at radius 2 is 2.00 bits per heavy atom. The zero-order valence-corrected chi connectivity index (χ0v) is 12.9. The van der Waals surface area contributed by atoms with Crippen molar-refractivity contribution in [2.45, 2.75) is 63.7 Å². The number of hydrogen-bond acceptors (Lipinski definition) is 6. The van der Waals surface area contributed by atoms with Crippen LogP contribution in [0.3, 0.4) is 0 Å². The molecule has 6 heteroatoms. The summed E-state index contributed by atoms with van der Waals surface area (Å²) in [7, 11) is 0. The van der Waals surface area contributed by atoms with Crippen molar-refractivity contribution >= 4 is 0 Å². The van der Waals surface area contributed by atoms with Gasteiger partial charge in [-0.25, -0.2) is 0 Å². The van der Waals surface area contributed by atoms with E-state index in [1.165, 1.54) is 0 Å². The molecule has 1 atom stereocenters. The number of ether oxygens (including phenoxy) is 1. The first-order chi connectivity index (χ1) is 10.1. The van der Waals surface area contributed by atoms with E-state index in [4.69, 9.17) is 9.26 Å². The third-order valence-electron chi connectivity index (χ3n) is 4.62. The van der Waals surface area contributed by atoms with Crippen LogP contribution in [-0.2, 0) is 4.74 Å². The molecular formula is C15H25N3O3. The molecule has 1 aliphatic heterocycles. The van der Waals surface area contributed by atoms with Gasteiger partial charge in [0.1, 0.15) is 6.10 Å². The van der Waals surface area contributed by atoms with Crippen molar-refractivity contribution in [2.24, 2.45) is 0 Å². The van der Waals surface area contributed by atoms with E-state index < -0.39 is 0 Å². The topological polar surface area (TPSA) is 71.6 Å². The molecule has 0 amide bonds. The lowest BCUT2D eigenvalue weighted by Gasteiger charge is -2.34. The molecule has 0 bridgehead atoms. The van der Waals surface area contributed by atoms with E-state index in [9.17, 15) is 5.11 Å². The second kappa shape index (κ2) is 6.42. The van der Waals surface area contributed by atoms with Gasteiger partial charge in [-0.2, -0.15) is 4.98 Å². The standard InChI is InChI=1S/C15H25N3O3/c1-10(2)18-7-8-20-13(9-18)14-16-15(21-17-14)11-3-5-12(19)6-4-11/h10-13,19H,3-9H2,1-2H3. The molecule has 1 saturated carbocycles. The van der Waals surface area contributed by atoms with Gasteiger partial charge in [0.2, 0.25) is 11.7 Å². The second-order valence-corrected chi connectivity index (χ2v) is 6.44. The predicted molar refractivity (Wildman–Crippen MR) is 76.9 cm³/mol. The number of rotatable bonds is 3. The van der Waals surface area contributed by atoms with Gasteiger partial charge in [-0.3, -0.25) is 4.90 Å². The average Bonchev–Trinajstić information content (AvgIpc) is 2.98. The summed E-state index contributed by atoms with van der Waals surface area (Å²) in [6, 6.07) is 0.502.